The number of ether oxygens (including phenoxy) is 6. The van der Waals surface area contributed by atoms with E-state index in [9.17, 15) is 28.8 Å². The fraction of sp³-hybridized carbons (Fsp3) is 0.875. The zero-order chi connectivity index (χ0) is 45.4. The molecule has 0 heterocycles. The molecule has 60 heavy (non-hydrogen) atoms. The molecule has 0 aromatic carbocycles. The molecular weight excluding hydrogens is 769 g/mol. The molecule has 12 nitrogen and oxygen atoms in total. The van der Waals surface area contributed by atoms with Gasteiger partial charge in [-0.1, -0.05) is 102 Å². The standard InChI is InChI=1S/2C24H42O6/c1-16(2)9-12-28-22(25)19-7-8-20(23(26)29-13-10-17(3)4)21(15-19)24(27)30-14-11-18(5)6;1-7-16(4)13-28-22(25)19-10-11-20(23(26)29-14-17(5)8-2)21(12-19)24(27)30-15-18(6)9-3/h2*16-21H,7-15H2,1-6H3. The third-order valence-corrected chi connectivity index (χ3v) is 12.0. The molecule has 348 valence electrons. The van der Waals surface area contributed by atoms with Crippen molar-refractivity contribution in [3.05, 3.63) is 0 Å². The Hall–Kier alpha value is -3.18. The van der Waals surface area contributed by atoms with Gasteiger partial charge in [0, 0.05) is 0 Å². The predicted octanol–water partition coefficient (Wildman–Crippen LogP) is 9.57. The Balaban J connectivity index is 0.000000600. The number of hydrogen-bond donors (Lipinski definition) is 0. The normalized spacial score (nSPS) is 23.1. The molecule has 0 saturated heterocycles. The summed E-state index contributed by atoms with van der Waals surface area (Å²) >= 11 is 0. The van der Waals surface area contributed by atoms with E-state index in [-0.39, 0.29) is 60.4 Å². The van der Waals surface area contributed by atoms with Gasteiger partial charge in [-0.3, -0.25) is 28.8 Å². The molecule has 0 N–H and O–H groups in total. The molecule has 2 fully saturated rings. The SMILES string of the molecule is CC(C)CCOC(=O)C1CCC(C(=O)OCCC(C)C)C(C(=O)OCCC(C)C)C1.CCC(C)COC(=O)C1CCC(C(=O)OCC(C)CC)C(C(=O)OCC(C)CC)C1. The van der Waals surface area contributed by atoms with Crippen LogP contribution in [0.15, 0.2) is 0 Å². The van der Waals surface area contributed by atoms with Gasteiger partial charge >= 0.3 is 35.8 Å². The summed E-state index contributed by atoms with van der Waals surface area (Å²) in [6.07, 6.45) is 7.61. The van der Waals surface area contributed by atoms with Crippen molar-refractivity contribution in [2.45, 2.75) is 160 Å². The van der Waals surface area contributed by atoms with E-state index in [0.29, 0.717) is 89.0 Å². The fourth-order valence-electron chi connectivity index (χ4n) is 6.73. The van der Waals surface area contributed by atoms with E-state index in [0.717, 1.165) is 38.5 Å². The van der Waals surface area contributed by atoms with Crippen LogP contribution >= 0.6 is 0 Å². The highest BCUT2D eigenvalue weighted by molar-refractivity contribution is 5.85. The summed E-state index contributed by atoms with van der Waals surface area (Å²) < 4.78 is 32.8. The van der Waals surface area contributed by atoms with E-state index in [4.69, 9.17) is 28.4 Å². The van der Waals surface area contributed by atoms with Crippen molar-refractivity contribution < 1.29 is 57.2 Å². The quantitative estimate of drug-likeness (QED) is 0.0670. The van der Waals surface area contributed by atoms with Crippen molar-refractivity contribution in [3.63, 3.8) is 0 Å². The van der Waals surface area contributed by atoms with Gasteiger partial charge in [0.15, 0.2) is 0 Å². The van der Waals surface area contributed by atoms with Gasteiger partial charge in [-0.2, -0.15) is 0 Å². The minimum absolute atomic E-state index is 0.254. The Bertz CT molecular complexity index is 1280. The number of rotatable bonds is 24. The molecule has 0 spiro atoms. The lowest BCUT2D eigenvalue weighted by Gasteiger charge is -2.33. The van der Waals surface area contributed by atoms with Gasteiger partial charge in [0.05, 0.1) is 75.1 Å². The molecule has 0 aromatic heterocycles. The summed E-state index contributed by atoms with van der Waals surface area (Å²) in [4.78, 5) is 76.0. The maximum Gasteiger partial charge on any atom is 0.309 e. The summed E-state index contributed by atoms with van der Waals surface area (Å²) in [5, 5.41) is 0. The Kier molecular flexibility index (Phi) is 27.4. The van der Waals surface area contributed by atoms with Crippen LogP contribution in [-0.4, -0.2) is 75.5 Å². The number of carbonyl (C=O) groups excluding carboxylic acids is 6. The van der Waals surface area contributed by atoms with Crippen LogP contribution in [-0.2, 0) is 57.2 Å². The molecular formula is C48H84O12. The smallest absolute Gasteiger partial charge is 0.309 e. The van der Waals surface area contributed by atoms with Crippen molar-refractivity contribution in [1.82, 2.24) is 0 Å². The molecule has 9 atom stereocenters. The molecule has 12 heteroatoms. The van der Waals surface area contributed by atoms with E-state index < -0.39 is 35.6 Å². The van der Waals surface area contributed by atoms with Gasteiger partial charge in [0.2, 0.25) is 0 Å². The maximum absolute atomic E-state index is 12.8. The lowest BCUT2D eigenvalue weighted by molar-refractivity contribution is -0.168. The fourth-order valence-corrected chi connectivity index (χ4v) is 6.73. The summed E-state index contributed by atoms with van der Waals surface area (Å²) in [6.45, 7) is 26.7. The van der Waals surface area contributed by atoms with Crippen molar-refractivity contribution in [2.75, 3.05) is 39.6 Å². The summed E-state index contributed by atoms with van der Waals surface area (Å²) in [6, 6.07) is 0. The van der Waals surface area contributed by atoms with Gasteiger partial charge in [0.1, 0.15) is 0 Å². The first-order chi connectivity index (χ1) is 28.3. The average Bonchev–Trinajstić information content (AvgIpc) is 3.22. The highest BCUT2D eigenvalue weighted by Gasteiger charge is 2.45. The highest BCUT2D eigenvalue weighted by Crippen LogP contribution is 2.38. The van der Waals surface area contributed by atoms with Gasteiger partial charge in [-0.15, -0.1) is 0 Å². The summed E-state index contributed by atoms with van der Waals surface area (Å²) in [5.74, 6) is -3.10. The average molecular weight is 853 g/mol. The molecule has 0 bridgehead atoms. The Morgan fingerprint density at radius 1 is 0.383 bits per heavy atom. The second-order valence-electron chi connectivity index (χ2n) is 18.9. The molecule has 0 amide bonds. The lowest BCUT2D eigenvalue weighted by atomic mass is 9.74. The van der Waals surface area contributed by atoms with Crippen LogP contribution in [0.3, 0.4) is 0 Å². The first-order valence-electron chi connectivity index (χ1n) is 23.3. The number of esters is 6. The van der Waals surface area contributed by atoms with Crippen LogP contribution < -0.4 is 0 Å². The van der Waals surface area contributed by atoms with E-state index >= 15 is 0 Å². The van der Waals surface area contributed by atoms with E-state index in [2.05, 4.69) is 48.5 Å². The molecule has 0 aliphatic heterocycles. The maximum atomic E-state index is 12.8. The molecule has 0 radical (unpaired) electrons. The minimum atomic E-state index is -0.659. The van der Waals surface area contributed by atoms with Crippen molar-refractivity contribution >= 4 is 35.8 Å². The Morgan fingerprint density at radius 2 is 0.650 bits per heavy atom. The second kappa shape index (κ2) is 30.0. The van der Waals surface area contributed by atoms with Crippen molar-refractivity contribution in [2.24, 2.45) is 71.0 Å². The second-order valence-corrected chi connectivity index (χ2v) is 18.9. The van der Waals surface area contributed by atoms with E-state index in [1.54, 1.807) is 0 Å². The lowest BCUT2D eigenvalue weighted by Crippen LogP contribution is -2.40. The van der Waals surface area contributed by atoms with Crippen LogP contribution in [0, 0.1) is 71.0 Å². The molecule has 9 unspecified atom stereocenters. The summed E-state index contributed by atoms with van der Waals surface area (Å²) in [5.41, 5.74) is 0. The van der Waals surface area contributed by atoms with E-state index in [1.165, 1.54) is 0 Å². The van der Waals surface area contributed by atoms with Crippen molar-refractivity contribution in [3.8, 4) is 0 Å². The topological polar surface area (TPSA) is 158 Å². The van der Waals surface area contributed by atoms with E-state index in [1.807, 2.05) is 34.6 Å². The van der Waals surface area contributed by atoms with Crippen LogP contribution in [0.25, 0.3) is 0 Å². The van der Waals surface area contributed by atoms with Gasteiger partial charge < -0.3 is 28.4 Å². The largest absolute Gasteiger partial charge is 0.465 e. The Morgan fingerprint density at radius 3 is 0.983 bits per heavy atom. The molecule has 0 aromatic rings. The van der Waals surface area contributed by atoms with Crippen molar-refractivity contribution in [1.29, 1.82) is 0 Å². The Labute approximate surface area is 363 Å². The predicted molar refractivity (Wildman–Crippen MR) is 231 cm³/mol. The highest BCUT2D eigenvalue weighted by atomic mass is 16.6. The number of carbonyl (C=O) groups is 6. The third kappa shape index (κ3) is 21.6. The first kappa shape index (κ1) is 54.8. The van der Waals surface area contributed by atoms with Crippen LogP contribution in [0.4, 0.5) is 0 Å². The van der Waals surface area contributed by atoms with Gasteiger partial charge in [-0.05, 0) is 93.3 Å². The monoisotopic (exact) mass is 853 g/mol. The molecule has 2 rings (SSSR count). The third-order valence-electron chi connectivity index (χ3n) is 12.0. The van der Waals surface area contributed by atoms with Crippen LogP contribution in [0.1, 0.15) is 160 Å². The molecule has 2 aliphatic carbocycles. The zero-order valence-corrected chi connectivity index (χ0v) is 39.6. The van der Waals surface area contributed by atoms with Gasteiger partial charge in [0.25, 0.3) is 0 Å². The van der Waals surface area contributed by atoms with Crippen LogP contribution in [0.5, 0.6) is 0 Å². The minimum Gasteiger partial charge on any atom is -0.465 e. The summed E-state index contributed by atoms with van der Waals surface area (Å²) in [7, 11) is 0. The first-order valence-corrected chi connectivity index (χ1v) is 23.3. The van der Waals surface area contributed by atoms with Crippen LogP contribution in [0.2, 0.25) is 0 Å². The molecule has 2 aliphatic rings. The molecule has 2 saturated carbocycles. The van der Waals surface area contributed by atoms with Gasteiger partial charge in [-0.25, -0.2) is 0 Å². The zero-order valence-electron chi connectivity index (χ0n) is 39.6. The number of hydrogen-bond acceptors (Lipinski definition) is 12.